The molecule has 4 heteroatoms. The molecule has 3 atom stereocenters. The fourth-order valence-corrected chi connectivity index (χ4v) is 3.01. The van der Waals surface area contributed by atoms with Crippen molar-refractivity contribution in [2.75, 3.05) is 13.2 Å². The van der Waals surface area contributed by atoms with Gasteiger partial charge in [-0.1, -0.05) is 26.7 Å². The third-order valence-corrected chi connectivity index (χ3v) is 4.85. The van der Waals surface area contributed by atoms with E-state index in [0.717, 1.165) is 6.42 Å². The maximum Gasteiger partial charge on any atom is 0.230 e. The van der Waals surface area contributed by atoms with Crippen molar-refractivity contribution < 1.29 is 9.53 Å². The van der Waals surface area contributed by atoms with Crippen LogP contribution < -0.4 is 11.1 Å². The summed E-state index contributed by atoms with van der Waals surface area (Å²) in [6.07, 6.45) is 4.72. The molecule has 0 aromatic heterocycles. The van der Waals surface area contributed by atoms with Crippen LogP contribution in [0, 0.1) is 10.8 Å². The van der Waals surface area contributed by atoms with E-state index in [9.17, 15) is 4.79 Å². The molecule has 3 unspecified atom stereocenters. The van der Waals surface area contributed by atoms with E-state index in [4.69, 9.17) is 10.5 Å². The first-order valence-electron chi connectivity index (χ1n) is 7.00. The highest BCUT2D eigenvalue weighted by atomic mass is 16.5. The molecule has 1 amide bonds. The molecule has 1 saturated heterocycles. The van der Waals surface area contributed by atoms with E-state index in [-0.39, 0.29) is 23.4 Å². The Balaban J connectivity index is 2.02. The van der Waals surface area contributed by atoms with Crippen LogP contribution in [0.4, 0.5) is 0 Å². The Kier molecular flexibility index (Phi) is 3.70. The first-order valence-corrected chi connectivity index (χ1v) is 7.00. The van der Waals surface area contributed by atoms with Gasteiger partial charge in [-0.05, 0) is 25.2 Å². The number of rotatable bonds is 2. The van der Waals surface area contributed by atoms with E-state index >= 15 is 0 Å². The minimum atomic E-state index is -0.562. The van der Waals surface area contributed by atoms with Crippen LogP contribution in [0.15, 0.2) is 0 Å². The Bertz CT molecular complexity index is 330. The van der Waals surface area contributed by atoms with Crippen LogP contribution in [0.1, 0.15) is 46.5 Å². The molecule has 0 bridgehead atoms. The van der Waals surface area contributed by atoms with Crippen LogP contribution >= 0.6 is 0 Å². The summed E-state index contributed by atoms with van der Waals surface area (Å²) in [5, 5.41) is 3.22. The van der Waals surface area contributed by atoms with Gasteiger partial charge >= 0.3 is 0 Å². The average Bonchev–Trinajstić information content (AvgIpc) is 2.63. The molecule has 2 fully saturated rings. The first kappa shape index (κ1) is 13.8. The number of amides is 1. The zero-order valence-electron chi connectivity index (χ0n) is 11.8. The second-order valence-corrected chi connectivity index (χ2v) is 6.80. The molecule has 1 aliphatic carbocycles. The van der Waals surface area contributed by atoms with Crippen molar-refractivity contribution in [1.29, 1.82) is 0 Å². The zero-order valence-corrected chi connectivity index (χ0v) is 11.8. The topological polar surface area (TPSA) is 64.3 Å². The van der Waals surface area contributed by atoms with Gasteiger partial charge < -0.3 is 15.8 Å². The zero-order chi connectivity index (χ0) is 13.4. The number of hydrogen-bond acceptors (Lipinski definition) is 3. The van der Waals surface area contributed by atoms with Gasteiger partial charge in [0.1, 0.15) is 0 Å². The van der Waals surface area contributed by atoms with Crippen molar-refractivity contribution in [2.24, 2.45) is 16.6 Å². The van der Waals surface area contributed by atoms with Gasteiger partial charge in [-0.3, -0.25) is 4.79 Å². The predicted molar refractivity (Wildman–Crippen MR) is 71.1 cm³/mol. The SMILES string of the molecule is CC1(C)CCCCC1NC(=O)C1(C)COCC1N. The summed E-state index contributed by atoms with van der Waals surface area (Å²) in [7, 11) is 0. The third kappa shape index (κ3) is 2.41. The molecular weight excluding hydrogens is 228 g/mol. The lowest BCUT2D eigenvalue weighted by molar-refractivity contribution is -0.132. The lowest BCUT2D eigenvalue weighted by atomic mass is 9.72. The molecule has 0 spiro atoms. The molecule has 3 N–H and O–H groups in total. The van der Waals surface area contributed by atoms with Gasteiger partial charge in [0, 0.05) is 12.1 Å². The van der Waals surface area contributed by atoms with Gasteiger partial charge in [0.25, 0.3) is 0 Å². The predicted octanol–water partition coefficient (Wildman–Crippen LogP) is 1.44. The summed E-state index contributed by atoms with van der Waals surface area (Å²) in [6, 6.07) is 0.0765. The van der Waals surface area contributed by atoms with Crippen LogP contribution in [0.2, 0.25) is 0 Å². The highest BCUT2D eigenvalue weighted by Gasteiger charge is 2.46. The van der Waals surface area contributed by atoms with Crippen molar-refractivity contribution in [3.63, 3.8) is 0 Å². The second-order valence-electron chi connectivity index (χ2n) is 6.80. The summed E-state index contributed by atoms with van der Waals surface area (Å²) in [5.41, 5.74) is 5.63. The molecule has 0 radical (unpaired) electrons. The molecule has 1 saturated carbocycles. The van der Waals surface area contributed by atoms with Gasteiger partial charge in [0.05, 0.1) is 18.6 Å². The van der Waals surface area contributed by atoms with Crippen LogP contribution in [0.25, 0.3) is 0 Å². The van der Waals surface area contributed by atoms with E-state index in [1.807, 2.05) is 6.92 Å². The van der Waals surface area contributed by atoms with Crippen LogP contribution in [-0.2, 0) is 9.53 Å². The number of nitrogens with two attached hydrogens (primary N) is 1. The number of hydrogen-bond donors (Lipinski definition) is 2. The molecule has 1 aliphatic heterocycles. The van der Waals surface area contributed by atoms with Gasteiger partial charge in [0.15, 0.2) is 0 Å². The lowest BCUT2D eigenvalue weighted by Crippen LogP contribution is -2.55. The minimum Gasteiger partial charge on any atom is -0.379 e. The Hall–Kier alpha value is -0.610. The van der Waals surface area contributed by atoms with E-state index in [1.165, 1.54) is 19.3 Å². The van der Waals surface area contributed by atoms with Crippen molar-refractivity contribution in [3.8, 4) is 0 Å². The number of carbonyl (C=O) groups excluding carboxylic acids is 1. The molecule has 1 heterocycles. The van der Waals surface area contributed by atoms with Crippen molar-refractivity contribution in [3.05, 3.63) is 0 Å². The van der Waals surface area contributed by atoms with E-state index < -0.39 is 5.41 Å². The van der Waals surface area contributed by atoms with Gasteiger partial charge in [-0.2, -0.15) is 0 Å². The van der Waals surface area contributed by atoms with E-state index in [1.54, 1.807) is 0 Å². The molecule has 4 nitrogen and oxygen atoms in total. The van der Waals surface area contributed by atoms with Crippen LogP contribution in [0.5, 0.6) is 0 Å². The second kappa shape index (κ2) is 4.82. The number of carbonyl (C=O) groups is 1. The highest BCUT2D eigenvalue weighted by molar-refractivity contribution is 5.84. The Morgan fingerprint density at radius 1 is 1.33 bits per heavy atom. The maximum absolute atomic E-state index is 12.5. The molecule has 0 aromatic rings. The molecule has 2 rings (SSSR count). The van der Waals surface area contributed by atoms with Gasteiger partial charge in [0.2, 0.25) is 5.91 Å². The molecule has 0 aromatic carbocycles. The third-order valence-electron chi connectivity index (χ3n) is 4.85. The van der Waals surface area contributed by atoms with E-state index in [0.29, 0.717) is 13.2 Å². The van der Waals surface area contributed by atoms with Crippen LogP contribution in [-0.4, -0.2) is 31.2 Å². The van der Waals surface area contributed by atoms with Gasteiger partial charge in [-0.15, -0.1) is 0 Å². The van der Waals surface area contributed by atoms with Crippen molar-refractivity contribution in [2.45, 2.75) is 58.5 Å². The van der Waals surface area contributed by atoms with Crippen molar-refractivity contribution >= 4 is 5.91 Å². The summed E-state index contributed by atoms with van der Waals surface area (Å²) >= 11 is 0. The highest BCUT2D eigenvalue weighted by Crippen LogP contribution is 2.36. The Labute approximate surface area is 110 Å². The maximum atomic E-state index is 12.5. The molecule has 104 valence electrons. The summed E-state index contributed by atoms with van der Waals surface area (Å²) in [6.45, 7) is 7.32. The standard InChI is InChI=1S/C14H26N2O2/c1-13(2)7-5-4-6-11(13)16-12(17)14(3)9-18-8-10(14)15/h10-11H,4-9,15H2,1-3H3,(H,16,17). The summed E-state index contributed by atoms with van der Waals surface area (Å²) in [5.74, 6) is 0.0625. The average molecular weight is 254 g/mol. The fraction of sp³-hybridized carbons (Fsp3) is 0.929. The number of nitrogens with one attached hydrogen (secondary N) is 1. The summed E-state index contributed by atoms with van der Waals surface area (Å²) < 4.78 is 5.35. The number of ether oxygens (including phenoxy) is 1. The van der Waals surface area contributed by atoms with Crippen LogP contribution in [0.3, 0.4) is 0 Å². The lowest BCUT2D eigenvalue weighted by Gasteiger charge is -2.40. The monoisotopic (exact) mass is 254 g/mol. The Morgan fingerprint density at radius 3 is 2.61 bits per heavy atom. The van der Waals surface area contributed by atoms with E-state index in [2.05, 4.69) is 19.2 Å². The summed E-state index contributed by atoms with van der Waals surface area (Å²) in [4.78, 5) is 12.5. The minimum absolute atomic E-state index is 0.0625. The smallest absolute Gasteiger partial charge is 0.230 e. The van der Waals surface area contributed by atoms with Gasteiger partial charge in [-0.25, -0.2) is 0 Å². The molecular formula is C14H26N2O2. The molecule has 2 aliphatic rings. The normalized spacial score (nSPS) is 39.6. The fourth-order valence-electron chi connectivity index (χ4n) is 3.01. The Morgan fingerprint density at radius 2 is 2.06 bits per heavy atom. The largest absolute Gasteiger partial charge is 0.379 e. The molecule has 18 heavy (non-hydrogen) atoms. The quantitative estimate of drug-likeness (QED) is 0.783. The van der Waals surface area contributed by atoms with Crippen molar-refractivity contribution in [1.82, 2.24) is 5.32 Å². The first-order chi connectivity index (χ1) is 8.36.